The van der Waals surface area contributed by atoms with Gasteiger partial charge >= 0.3 is 0 Å². The lowest BCUT2D eigenvalue weighted by molar-refractivity contribution is 0.215. The molecule has 5 heteroatoms. The van der Waals surface area contributed by atoms with Crippen molar-refractivity contribution in [3.63, 3.8) is 0 Å². The number of nitrogens with one attached hydrogen (secondary N) is 1. The Balaban J connectivity index is 1.79. The topological polar surface area (TPSA) is 41.3 Å². The van der Waals surface area contributed by atoms with E-state index < -0.39 is 0 Å². The van der Waals surface area contributed by atoms with Gasteiger partial charge in [0.05, 0.1) is 5.02 Å². The van der Waals surface area contributed by atoms with E-state index in [2.05, 4.69) is 17.3 Å². The Morgan fingerprint density at radius 2 is 2.15 bits per heavy atom. The Kier molecular flexibility index (Phi) is 5.64. The van der Waals surface area contributed by atoms with E-state index in [1.807, 2.05) is 18.2 Å². The standard InChI is InChI=1S/C15H22ClN3S/c1-19-8-5-11(6-9-19)4-7-18-12-2-3-13(15(17)20)14(16)10-12/h2-3,10-11,18H,4-9H2,1H3,(H2,17,20). The minimum atomic E-state index is 0.341. The van der Waals surface area contributed by atoms with Crippen molar-refractivity contribution in [2.24, 2.45) is 11.7 Å². The van der Waals surface area contributed by atoms with Gasteiger partial charge in [0.1, 0.15) is 4.99 Å². The minimum Gasteiger partial charge on any atom is -0.389 e. The SMILES string of the molecule is CN1CCC(CCNc2ccc(C(N)=S)c(Cl)c2)CC1. The second kappa shape index (κ2) is 7.25. The number of rotatable bonds is 5. The first-order valence-electron chi connectivity index (χ1n) is 7.08. The first kappa shape index (κ1) is 15.5. The summed E-state index contributed by atoms with van der Waals surface area (Å²) in [6, 6.07) is 5.75. The molecule has 20 heavy (non-hydrogen) atoms. The lowest BCUT2D eigenvalue weighted by atomic mass is 9.94. The monoisotopic (exact) mass is 311 g/mol. The zero-order valence-corrected chi connectivity index (χ0v) is 13.4. The molecule has 2 rings (SSSR count). The van der Waals surface area contributed by atoms with Crippen LogP contribution in [0.3, 0.4) is 0 Å². The molecule has 0 bridgehead atoms. The van der Waals surface area contributed by atoms with E-state index in [9.17, 15) is 0 Å². The summed E-state index contributed by atoms with van der Waals surface area (Å²) in [7, 11) is 2.19. The summed E-state index contributed by atoms with van der Waals surface area (Å²) in [6.07, 6.45) is 3.82. The van der Waals surface area contributed by atoms with Crippen LogP contribution < -0.4 is 11.1 Å². The molecule has 0 saturated carbocycles. The van der Waals surface area contributed by atoms with Crippen LogP contribution in [0, 0.1) is 5.92 Å². The Labute approximate surface area is 131 Å². The van der Waals surface area contributed by atoms with E-state index >= 15 is 0 Å². The van der Waals surface area contributed by atoms with Crippen molar-refractivity contribution in [1.29, 1.82) is 0 Å². The molecular weight excluding hydrogens is 290 g/mol. The Morgan fingerprint density at radius 1 is 1.45 bits per heavy atom. The van der Waals surface area contributed by atoms with E-state index in [1.165, 1.54) is 32.4 Å². The van der Waals surface area contributed by atoms with Crippen molar-refractivity contribution in [2.45, 2.75) is 19.3 Å². The normalized spacial score (nSPS) is 17.1. The van der Waals surface area contributed by atoms with Crippen molar-refractivity contribution in [3.05, 3.63) is 28.8 Å². The fraction of sp³-hybridized carbons (Fsp3) is 0.533. The average Bonchev–Trinajstić information content (AvgIpc) is 2.41. The van der Waals surface area contributed by atoms with Crippen LogP contribution in [0.2, 0.25) is 5.02 Å². The fourth-order valence-corrected chi connectivity index (χ4v) is 3.11. The Morgan fingerprint density at radius 3 is 2.75 bits per heavy atom. The third kappa shape index (κ3) is 4.33. The van der Waals surface area contributed by atoms with Crippen LogP contribution in [-0.4, -0.2) is 36.6 Å². The Bertz CT molecular complexity index is 470. The van der Waals surface area contributed by atoms with Gasteiger partial charge in [0.15, 0.2) is 0 Å². The van der Waals surface area contributed by atoms with Crippen molar-refractivity contribution < 1.29 is 0 Å². The summed E-state index contributed by atoms with van der Waals surface area (Å²) in [5, 5.41) is 4.04. The fourth-order valence-electron chi connectivity index (χ4n) is 2.60. The number of halogens is 1. The molecule has 0 aromatic heterocycles. The molecule has 110 valence electrons. The number of hydrogen-bond donors (Lipinski definition) is 2. The van der Waals surface area contributed by atoms with Gasteiger partial charge < -0.3 is 16.0 Å². The highest BCUT2D eigenvalue weighted by molar-refractivity contribution is 7.80. The molecule has 1 aromatic rings. The van der Waals surface area contributed by atoms with Crippen molar-refractivity contribution >= 4 is 34.5 Å². The number of benzene rings is 1. The number of thiocarbonyl (C=S) groups is 1. The molecule has 0 atom stereocenters. The zero-order chi connectivity index (χ0) is 14.5. The number of nitrogens with zero attached hydrogens (tertiary/aromatic N) is 1. The van der Waals surface area contributed by atoms with Gasteiger partial charge in [-0.05, 0) is 63.5 Å². The highest BCUT2D eigenvalue weighted by Crippen LogP contribution is 2.22. The molecule has 1 saturated heterocycles. The second-order valence-electron chi connectivity index (χ2n) is 5.52. The van der Waals surface area contributed by atoms with Crippen molar-refractivity contribution in [2.75, 3.05) is 32.0 Å². The number of likely N-dealkylation sites (tertiary alicyclic amines) is 1. The van der Waals surface area contributed by atoms with E-state index in [4.69, 9.17) is 29.6 Å². The third-order valence-corrected chi connectivity index (χ3v) is 4.49. The molecule has 1 aromatic carbocycles. The van der Waals surface area contributed by atoms with Crippen LogP contribution in [0.25, 0.3) is 0 Å². The highest BCUT2D eigenvalue weighted by atomic mass is 35.5. The van der Waals surface area contributed by atoms with Crippen molar-refractivity contribution in [3.8, 4) is 0 Å². The first-order valence-corrected chi connectivity index (χ1v) is 7.86. The van der Waals surface area contributed by atoms with Crippen LogP contribution in [0.5, 0.6) is 0 Å². The second-order valence-corrected chi connectivity index (χ2v) is 6.37. The lowest BCUT2D eigenvalue weighted by Gasteiger charge is -2.29. The van der Waals surface area contributed by atoms with Gasteiger partial charge in [-0.15, -0.1) is 0 Å². The molecule has 0 radical (unpaired) electrons. The number of piperidine rings is 1. The summed E-state index contributed by atoms with van der Waals surface area (Å²) in [5.74, 6) is 0.838. The van der Waals surface area contributed by atoms with Gasteiger partial charge in [0.2, 0.25) is 0 Å². The van der Waals surface area contributed by atoms with Gasteiger partial charge in [0, 0.05) is 17.8 Å². The quantitative estimate of drug-likeness (QED) is 0.820. The van der Waals surface area contributed by atoms with Crippen LogP contribution in [0.15, 0.2) is 18.2 Å². The smallest absolute Gasteiger partial charge is 0.105 e. The predicted octanol–water partition coefficient (Wildman–Crippen LogP) is 3.12. The maximum Gasteiger partial charge on any atom is 0.105 e. The summed E-state index contributed by atoms with van der Waals surface area (Å²) in [4.78, 5) is 2.74. The van der Waals surface area contributed by atoms with Crippen molar-refractivity contribution in [1.82, 2.24) is 4.90 Å². The molecule has 0 unspecified atom stereocenters. The van der Waals surface area contributed by atoms with Gasteiger partial charge in [-0.2, -0.15) is 0 Å². The average molecular weight is 312 g/mol. The van der Waals surface area contributed by atoms with Crippen LogP contribution in [0.4, 0.5) is 5.69 Å². The summed E-state index contributed by atoms with van der Waals surface area (Å²) in [6.45, 7) is 3.43. The molecule has 1 heterocycles. The van der Waals surface area contributed by atoms with Gasteiger partial charge in [-0.1, -0.05) is 23.8 Å². The molecule has 0 spiro atoms. The molecule has 3 nitrogen and oxygen atoms in total. The lowest BCUT2D eigenvalue weighted by Crippen LogP contribution is -2.30. The van der Waals surface area contributed by atoms with E-state index in [1.54, 1.807) is 0 Å². The Hall–Kier alpha value is -0.840. The molecule has 1 aliphatic rings. The van der Waals surface area contributed by atoms with Gasteiger partial charge in [-0.3, -0.25) is 0 Å². The van der Waals surface area contributed by atoms with Crippen LogP contribution in [0.1, 0.15) is 24.8 Å². The molecule has 1 aliphatic heterocycles. The van der Waals surface area contributed by atoms with Gasteiger partial charge in [0.25, 0.3) is 0 Å². The summed E-state index contributed by atoms with van der Waals surface area (Å²) < 4.78 is 0. The zero-order valence-electron chi connectivity index (χ0n) is 11.9. The van der Waals surface area contributed by atoms with Crippen LogP contribution >= 0.6 is 23.8 Å². The number of anilines is 1. The predicted molar refractivity (Wildman–Crippen MR) is 90.7 cm³/mol. The largest absolute Gasteiger partial charge is 0.389 e. The maximum atomic E-state index is 6.16. The molecule has 1 fully saturated rings. The summed E-state index contributed by atoms with van der Waals surface area (Å²) in [5.41, 5.74) is 7.37. The van der Waals surface area contributed by atoms with E-state index in [-0.39, 0.29) is 0 Å². The first-order chi connectivity index (χ1) is 9.56. The van der Waals surface area contributed by atoms with Gasteiger partial charge in [-0.25, -0.2) is 0 Å². The maximum absolute atomic E-state index is 6.16. The van der Waals surface area contributed by atoms with E-state index in [0.717, 1.165) is 23.7 Å². The minimum absolute atomic E-state index is 0.341. The highest BCUT2D eigenvalue weighted by Gasteiger charge is 2.15. The number of nitrogens with two attached hydrogens (primary N) is 1. The van der Waals surface area contributed by atoms with Crippen LogP contribution in [-0.2, 0) is 0 Å². The molecule has 0 amide bonds. The number of hydrogen-bond acceptors (Lipinski definition) is 3. The molecule has 0 aliphatic carbocycles. The molecular formula is C15H22ClN3S. The third-order valence-electron chi connectivity index (χ3n) is 3.95. The molecule has 3 N–H and O–H groups in total. The van der Waals surface area contributed by atoms with E-state index in [0.29, 0.717) is 10.0 Å². The summed E-state index contributed by atoms with van der Waals surface area (Å²) >= 11 is 11.1.